The maximum atomic E-state index is 14.5. The number of carbonyl (C=O) groups is 2. The van der Waals surface area contributed by atoms with Crippen LogP contribution in [0.4, 0.5) is 4.39 Å². The van der Waals surface area contributed by atoms with Gasteiger partial charge in [0.15, 0.2) is 17.2 Å². The molecule has 1 aliphatic rings. The van der Waals surface area contributed by atoms with Crippen LogP contribution in [0.15, 0.2) is 36.5 Å². The van der Waals surface area contributed by atoms with E-state index < -0.39 is 23.6 Å². The fourth-order valence-electron chi connectivity index (χ4n) is 4.32. The average Bonchev–Trinajstić information content (AvgIpc) is 3.21. The number of aryl methyl sites for hydroxylation is 1. The third kappa shape index (κ3) is 3.16. The first-order valence-electron chi connectivity index (χ1n) is 9.56. The molecule has 0 bridgehead atoms. The van der Waals surface area contributed by atoms with Crippen molar-refractivity contribution < 1.29 is 23.8 Å². The van der Waals surface area contributed by atoms with Gasteiger partial charge in [-0.15, -0.1) is 0 Å². The number of carboxylic acid groups (broad SMARTS) is 1. The highest BCUT2D eigenvalue weighted by Crippen LogP contribution is 2.42. The van der Waals surface area contributed by atoms with Crippen molar-refractivity contribution in [3.05, 3.63) is 64.9 Å². The maximum Gasteiger partial charge on any atom is 0.307 e. The number of halogens is 1. The summed E-state index contributed by atoms with van der Waals surface area (Å²) in [6.45, 7) is 4.06. The number of pyridine rings is 1. The monoisotopic (exact) mass is 396 g/mol. The van der Waals surface area contributed by atoms with E-state index in [4.69, 9.17) is 4.74 Å². The molecule has 6 nitrogen and oxygen atoms in total. The van der Waals surface area contributed by atoms with Crippen LogP contribution in [0.25, 0.3) is 5.65 Å². The summed E-state index contributed by atoms with van der Waals surface area (Å²) in [5.74, 6) is -2.72. The molecule has 1 N–H and O–H groups in total. The minimum atomic E-state index is -1.02. The number of nitrogens with zero attached hydrogens (tertiary/aromatic N) is 2. The Kier molecular flexibility index (Phi) is 4.82. The van der Waals surface area contributed by atoms with Crippen molar-refractivity contribution >= 4 is 17.4 Å². The molecule has 0 fully saturated rings. The molecule has 2 unspecified atom stereocenters. The van der Waals surface area contributed by atoms with E-state index >= 15 is 0 Å². The first kappa shape index (κ1) is 19.1. The molecule has 0 saturated heterocycles. The second-order valence-electron chi connectivity index (χ2n) is 7.24. The molecule has 29 heavy (non-hydrogen) atoms. The molecule has 2 atom stereocenters. The van der Waals surface area contributed by atoms with Crippen molar-refractivity contribution in [3.63, 3.8) is 0 Å². The summed E-state index contributed by atoms with van der Waals surface area (Å²) in [5, 5.41) is 9.64. The largest absolute Gasteiger partial charge is 0.490 e. The highest BCUT2D eigenvalue weighted by Gasteiger charge is 2.40. The number of hydrogen-bond acceptors (Lipinski definition) is 4. The topological polar surface area (TPSA) is 80.9 Å². The van der Waals surface area contributed by atoms with E-state index in [1.807, 2.05) is 6.92 Å². The van der Waals surface area contributed by atoms with Gasteiger partial charge in [-0.05, 0) is 49.6 Å². The fraction of sp³-hybridized carbons (Fsp3) is 0.318. The lowest BCUT2D eigenvalue weighted by Crippen LogP contribution is -2.22. The number of carbonyl (C=O) groups excluding carboxylic acids is 1. The van der Waals surface area contributed by atoms with Gasteiger partial charge < -0.3 is 9.84 Å². The van der Waals surface area contributed by atoms with Crippen LogP contribution in [0.2, 0.25) is 0 Å². The summed E-state index contributed by atoms with van der Waals surface area (Å²) in [6.07, 6.45) is 1.85. The summed E-state index contributed by atoms with van der Waals surface area (Å²) < 4.78 is 21.8. The van der Waals surface area contributed by atoms with Crippen molar-refractivity contribution in [2.24, 2.45) is 5.92 Å². The zero-order valence-electron chi connectivity index (χ0n) is 16.2. The van der Waals surface area contributed by atoms with E-state index in [9.17, 15) is 19.1 Å². The van der Waals surface area contributed by atoms with Crippen LogP contribution in [-0.2, 0) is 11.2 Å². The molecule has 0 spiro atoms. The quantitative estimate of drug-likeness (QED) is 0.641. The minimum Gasteiger partial charge on any atom is -0.490 e. The summed E-state index contributed by atoms with van der Waals surface area (Å²) >= 11 is 0. The summed E-state index contributed by atoms with van der Waals surface area (Å²) in [7, 11) is 0. The van der Waals surface area contributed by atoms with Gasteiger partial charge in [-0.2, -0.15) is 0 Å². The molecule has 3 aromatic rings. The molecule has 7 heteroatoms. The molecular weight excluding hydrogens is 375 g/mol. The van der Waals surface area contributed by atoms with Crippen molar-refractivity contribution in [1.82, 2.24) is 9.38 Å². The molecule has 2 heterocycles. The zero-order valence-corrected chi connectivity index (χ0v) is 16.2. The fourth-order valence-corrected chi connectivity index (χ4v) is 4.32. The van der Waals surface area contributed by atoms with Crippen molar-refractivity contribution in [1.29, 1.82) is 0 Å². The van der Waals surface area contributed by atoms with Gasteiger partial charge in [0.2, 0.25) is 0 Å². The predicted molar refractivity (Wildman–Crippen MR) is 104 cm³/mol. The SMILES string of the molecule is CCOc1cccn2c(C(=O)CC3c4c(F)cccc4CC3C(=O)O)c(C)nc12. The van der Waals surface area contributed by atoms with Gasteiger partial charge >= 0.3 is 5.97 Å². The van der Waals surface area contributed by atoms with Crippen LogP contribution < -0.4 is 4.74 Å². The van der Waals surface area contributed by atoms with Crippen molar-refractivity contribution in [3.8, 4) is 5.75 Å². The van der Waals surface area contributed by atoms with Gasteiger partial charge in [0, 0.05) is 18.5 Å². The van der Waals surface area contributed by atoms with Crippen LogP contribution in [0, 0.1) is 18.7 Å². The van der Waals surface area contributed by atoms with Crippen LogP contribution in [0.5, 0.6) is 5.75 Å². The van der Waals surface area contributed by atoms with E-state index in [1.54, 1.807) is 41.8 Å². The van der Waals surface area contributed by atoms with E-state index in [-0.39, 0.29) is 18.6 Å². The van der Waals surface area contributed by atoms with E-state index in [0.29, 0.717) is 40.5 Å². The molecule has 0 radical (unpaired) electrons. The maximum absolute atomic E-state index is 14.5. The van der Waals surface area contributed by atoms with Crippen molar-refractivity contribution in [2.45, 2.75) is 32.6 Å². The lowest BCUT2D eigenvalue weighted by molar-refractivity contribution is -0.142. The van der Waals surface area contributed by atoms with Crippen LogP contribution in [-0.4, -0.2) is 32.9 Å². The Labute approximate surface area is 167 Å². The second-order valence-corrected chi connectivity index (χ2v) is 7.24. The van der Waals surface area contributed by atoms with Crippen LogP contribution in [0.1, 0.15) is 46.6 Å². The Balaban J connectivity index is 1.74. The second kappa shape index (κ2) is 7.31. The summed E-state index contributed by atoms with van der Waals surface area (Å²) in [5.41, 5.74) is 2.43. The smallest absolute Gasteiger partial charge is 0.307 e. The average molecular weight is 396 g/mol. The number of Topliss-reactive ketones (excluding diaryl/α,β-unsaturated/α-hetero) is 1. The number of hydrogen-bond donors (Lipinski definition) is 1. The minimum absolute atomic E-state index is 0.0988. The normalized spacial score (nSPS) is 18.0. The van der Waals surface area contributed by atoms with E-state index in [0.717, 1.165) is 0 Å². The number of benzene rings is 1. The number of ether oxygens (including phenoxy) is 1. The standard InChI is InChI=1S/C22H21FN2O4/c1-3-29-18-8-5-9-25-20(12(2)24-21(18)25)17(26)11-14-15(22(27)28)10-13-6-4-7-16(23)19(13)14/h4-9,14-15H,3,10-11H2,1-2H3,(H,27,28). The van der Waals surface area contributed by atoms with Gasteiger partial charge in [-0.1, -0.05) is 12.1 Å². The van der Waals surface area contributed by atoms with Gasteiger partial charge in [0.25, 0.3) is 0 Å². The van der Waals surface area contributed by atoms with Gasteiger partial charge in [-0.3, -0.25) is 14.0 Å². The first-order valence-corrected chi connectivity index (χ1v) is 9.56. The Morgan fingerprint density at radius 1 is 1.31 bits per heavy atom. The highest BCUT2D eigenvalue weighted by molar-refractivity contribution is 5.97. The van der Waals surface area contributed by atoms with Gasteiger partial charge in [-0.25, -0.2) is 9.37 Å². The van der Waals surface area contributed by atoms with Gasteiger partial charge in [0.05, 0.1) is 18.2 Å². The number of aliphatic carboxylic acids is 1. The number of imidazole rings is 1. The third-order valence-electron chi connectivity index (χ3n) is 5.51. The molecule has 0 amide bonds. The lowest BCUT2D eigenvalue weighted by atomic mass is 9.87. The zero-order chi connectivity index (χ0) is 20.7. The predicted octanol–water partition coefficient (Wildman–Crippen LogP) is 3.79. The van der Waals surface area contributed by atoms with Gasteiger partial charge in [0.1, 0.15) is 11.5 Å². The molecule has 2 aromatic heterocycles. The molecule has 0 aliphatic heterocycles. The Morgan fingerprint density at radius 3 is 2.83 bits per heavy atom. The van der Waals surface area contributed by atoms with Crippen molar-refractivity contribution in [2.75, 3.05) is 6.61 Å². The lowest BCUT2D eigenvalue weighted by Gasteiger charge is -2.17. The van der Waals surface area contributed by atoms with E-state index in [2.05, 4.69) is 4.98 Å². The molecule has 4 rings (SSSR count). The molecule has 0 saturated carbocycles. The third-order valence-corrected chi connectivity index (χ3v) is 5.51. The molecule has 1 aromatic carbocycles. The van der Waals surface area contributed by atoms with E-state index in [1.165, 1.54) is 6.07 Å². The Bertz CT molecular complexity index is 1120. The number of ketones is 1. The molecular formula is C22H21FN2O4. The number of rotatable bonds is 6. The highest BCUT2D eigenvalue weighted by atomic mass is 19.1. The Morgan fingerprint density at radius 2 is 2.10 bits per heavy atom. The van der Waals surface area contributed by atoms with Crippen LogP contribution >= 0.6 is 0 Å². The molecule has 1 aliphatic carbocycles. The number of carboxylic acids is 1. The first-order chi connectivity index (χ1) is 13.9. The van der Waals surface area contributed by atoms with Crippen LogP contribution in [0.3, 0.4) is 0 Å². The summed E-state index contributed by atoms with van der Waals surface area (Å²) in [4.78, 5) is 29.5. The summed E-state index contributed by atoms with van der Waals surface area (Å²) in [6, 6.07) is 8.16. The molecule has 150 valence electrons. The number of aromatic nitrogens is 2. The number of fused-ring (bicyclic) bond motifs is 2. The Hall–Kier alpha value is -3.22.